The van der Waals surface area contributed by atoms with E-state index in [2.05, 4.69) is 23.7 Å². The van der Waals surface area contributed by atoms with Crippen LogP contribution in [0.1, 0.15) is 41.0 Å². The number of pyridine rings is 1. The summed E-state index contributed by atoms with van der Waals surface area (Å²) in [5, 5.41) is 1.13. The van der Waals surface area contributed by atoms with E-state index in [-0.39, 0.29) is 5.78 Å². The van der Waals surface area contributed by atoms with E-state index in [1.54, 1.807) is 0 Å². The molecule has 0 saturated heterocycles. The highest BCUT2D eigenvalue weighted by Gasteiger charge is 2.12. The van der Waals surface area contributed by atoms with Crippen molar-refractivity contribution in [3.63, 3.8) is 0 Å². The minimum Gasteiger partial charge on any atom is -0.493 e. The lowest BCUT2D eigenvalue weighted by atomic mass is 9.98. The second-order valence-electron chi connectivity index (χ2n) is 7.53. The number of aryl methyl sites for hydroxylation is 1. The van der Waals surface area contributed by atoms with Crippen LogP contribution in [0.25, 0.3) is 10.9 Å². The molecule has 0 bridgehead atoms. The van der Waals surface area contributed by atoms with Gasteiger partial charge in [-0.15, -0.1) is 0 Å². The van der Waals surface area contributed by atoms with Gasteiger partial charge in [0.2, 0.25) is 0 Å². The average Bonchev–Trinajstić information content (AvgIpc) is 2.88. The molecule has 0 radical (unpaired) electrons. The van der Waals surface area contributed by atoms with Crippen LogP contribution in [0, 0.1) is 6.92 Å². The van der Waals surface area contributed by atoms with E-state index in [0.29, 0.717) is 30.9 Å². The Kier molecular flexibility index (Phi) is 8.98. The Hall–Kier alpha value is -3.92. The maximum atomic E-state index is 12.2. The Labute approximate surface area is 201 Å². The molecule has 0 spiro atoms. The Morgan fingerprint density at radius 1 is 0.912 bits per heavy atom. The van der Waals surface area contributed by atoms with Crippen molar-refractivity contribution in [2.45, 2.75) is 33.8 Å². The van der Waals surface area contributed by atoms with Crippen molar-refractivity contribution in [1.29, 1.82) is 0 Å². The first-order valence-electron chi connectivity index (χ1n) is 11.6. The summed E-state index contributed by atoms with van der Waals surface area (Å²) < 4.78 is 11.9. The largest absolute Gasteiger partial charge is 0.493 e. The highest BCUT2D eigenvalue weighted by atomic mass is 16.5. The number of carbonyl (C=O) groups is 1. The Morgan fingerprint density at radius 3 is 2.44 bits per heavy atom. The summed E-state index contributed by atoms with van der Waals surface area (Å²) in [5.74, 6) is 1.32. The zero-order valence-corrected chi connectivity index (χ0v) is 20.1. The molecule has 0 aliphatic rings. The molecule has 4 nitrogen and oxygen atoms in total. The fraction of sp³-hybridized carbons (Fsp3) is 0.200. The molecule has 0 atom stereocenters. The Morgan fingerprint density at radius 2 is 1.65 bits per heavy atom. The topological polar surface area (TPSA) is 48.4 Å². The first kappa shape index (κ1) is 24.7. The van der Waals surface area contributed by atoms with Gasteiger partial charge in [0.05, 0.1) is 12.1 Å². The summed E-state index contributed by atoms with van der Waals surface area (Å²) in [4.78, 5) is 16.9. The van der Waals surface area contributed by atoms with Gasteiger partial charge in [0.25, 0.3) is 0 Å². The normalized spacial score (nSPS) is 10.2. The third kappa shape index (κ3) is 6.32. The molecule has 3 aromatic carbocycles. The van der Waals surface area contributed by atoms with Gasteiger partial charge < -0.3 is 9.47 Å². The van der Waals surface area contributed by atoms with E-state index in [1.807, 2.05) is 87.5 Å². The summed E-state index contributed by atoms with van der Waals surface area (Å²) in [6, 6.07) is 25.5. The van der Waals surface area contributed by atoms with Crippen LogP contribution in [0.5, 0.6) is 11.5 Å². The van der Waals surface area contributed by atoms with Crippen molar-refractivity contribution in [3.8, 4) is 11.5 Å². The van der Waals surface area contributed by atoms with Crippen LogP contribution in [0.15, 0.2) is 91.5 Å². The lowest BCUT2D eigenvalue weighted by Gasteiger charge is -2.13. The molecule has 174 valence electrons. The van der Waals surface area contributed by atoms with Crippen molar-refractivity contribution in [3.05, 3.63) is 114 Å². The first-order valence-corrected chi connectivity index (χ1v) is 11.6. The summed E-state index contributed by atoms with van der Waals surface area (Å²) in [6.07, 6.45) is 2.05. The summed E-state index contributed by atoms with van der Waals surface area (Å²) in [5.41, 5.74) is 4.39. The van der Waals surface area contributed by atoms with Gasteiger partial charge in [-0.05, 0) is 42.8 Å². The number of carbonyl (C=O) groups excluding carboxylic acids is 1. The van der Waals surface area contributed by atoms with Crippen molar-refractivity contribution in [1.82, 2.24) is 4.98 Å². The molecule has 1 aromatic heterocycles. The molecule has 4 aromatic rings. The standard InChI is InChI=1S/C28H25NO3.C2H6/c1-3-27(30)28-20(2)8-6-10-22(28)19-32-25-12-7-11-24(18-25)31-17-16-23-15-14-21-9-4-5-13-26(21)29-23;1-2/h3-15,18H,1,16-17,19H2,2H3;1-2H3. The van der Waals surface area contributed by atoms with Crippen LogP contribution in [0.2, 0.25) is 0 Å². The van der Waals surface area contributed by atoms with E-state index in [9.17, 15) is 4.79 Å². The SMILES string of the molecule is C=CC(=O)c1c(C)cccc1COc1cccc(OCCc2ccc3ccccc3n2)c1.CC. The lowest BCUT2D eigenvalue weighted by molar-refractivity contribution is 0.104. The number of hydrogen-bond donors (Lipinski definition) is 0. The molecule has 4 heteroatoms. The predicted molar refractivity (Wildman–Crippen MR) is 139 cm³/mol. The van der Waals surface area contributed by atoms with Crippen LogP contribution >= 0.6 is 0 Å². The quantitative estimate of drug-likeness (QED) is 0.200. The lowest BCUT2D eigenvalue weighted by Crippen LogP contribution is -2.07. The van der Waals surface area contributed by atoms with E-state index in [1.165, 1.54) is 6.08 Å². The first-order chi connectivity index (χ1) is 16.6. The third-order valence-corrected chi connectivity index (χ3v) is 5.27. The molecule has 0 N–H and O–H groups in total. The van der Waals surface area contributed by atoms with Gasteiger partial charge in [0.15, 0.2) is 5.78 Å². The molecule has 0 aliphatic carbocycles. The van der Waals surface area contributed by atoms with Gasteiger partial charge in [0.1, 0.15) is 18.1 Å². The molecule has 0 fully saturated rings. The fourth-order valence-corrected chi connectivity index (χ4v) is 3.64. The molecule has 0 amide bonds. The number of para-hydroxylation sites is 1. The highest BCUT2D eigenvalue weighted by Crippen LogP contribution is 2.23. The van der Waals surface area contributed by atoms with Gasteiger partial charge in [-0.25, -0.2) is 0 Å². The summed E-state index contributed by atoms with van der Waals surface area (Å²) >= 11 is 0. The number of hydrogen-bond acceptors (Lipinski definition) is 4. The van der Waals surface area contributed by atoms with Crippen molar-refractivity contribution < 1.29 is 14.3 Å². The van der Waals surface area contributed by atoms with Crippen molar-refractivity contribution >= 4 is 16.7 Å². The molecule has 0 unspecified atom stereocenters. The maximum absolute atomic E-state index is 12.2. The Balaban J connectivity index is 0.00000158. The van der Waals surface area contributed by atoms with Crippen LogP contribution in [0.4, 0.5) is 0 Å². The van der Waals surface area contributed by atoms with E-state index in [4.69, 9.17) is 9.47 Å². The van der Waals surface area contributed by atoms with Crippen LogP contribution < -0.4 is 9.47 Å². The number of fused-ring (bicyclic) bond motifs is 1. The third-order valence-electron chi connectivity index (χ3n) is 5.27. The molecular weight excluding hydrogens is 422 g/mol. The van der Waals surface area contributed by atoms with E-state index < -0.39 is 0 Å². The Bertz CT molecular complexity index is 1260. The van der Waals surface area contributed by atoms with Gasteiger partial charge in [-0.3, -0.25) is 9.78 Å². The number of aromatic nitrogens is 1. The van der Waals surface area contributed by atoms with Gasteiger partial charge >= 0.3 is 0 Å². The molecule has 0 saturated carbocycles. The number of nitrogens with zero attached hydrogens (tertiary/aromatic N) is 1. The van der Waals surface area contributed by atoms with Crippen molar-refractivity contribution in [2.75, 3.05) is 6.61 Å². The molecular formula is C30H31NO3. The average molecular weight is 454 g/mol. The molecule has 0 aliphatic heterocycles. The minimum absolute atomic E-state index is 0.0962. The van der Waals surface area contributed by atoms with Crippen LogP contribution in [-0.2, 0) is 13.0 Å². The predicted octanol–water partition coefficient (Wildman–Crippen LogP) is 7.14. The smallest absolute Gasteiger partial charge is 0.185 e. The zero-order valence-electron chi connectivity index (χ0n) is 20.1. The highest BCUT2D eigenvalue weighted by molar-refractivity contribution is 6.06. The van der Waals surface area contributed by atoms with Crippen LogP contribution in [-0.4, -0.2) is 17.4 Å². The minimum atomic E-state index is -0.0962. The van der Waals surface area contributed by atoms with Crippen molar-refractivity contribution in [2.24, 2.45) is 0 Å². The fourth-order valence-electron chi connectivity index (χ4n) is 3.64. The zero-order chi connectivity index (χ0) is 24.3. The van der Waals surface area contributed by atoms with E-state index in [0.717, 1.165) is 33.5 Å². The number of allylic oxidation sites excluding steroid dienone is 1. The second-order valence-corrected chi connectivity index (χ2v) is 7.53. The number of ether oxygens (including phenoxy) is 2. The summed E-state index contributed by atoms with van der Waals surface area (Å²) in [6.45, 7) is 10.3. The molecule has 34 heavy (non-hydrogen) atoms. The van der Waals surface area contributed by atoms with Gasteiger partial charge in [-0.2, -0.15) is 0 Å². The number of rotatable bonds is 9. The summed E-state index contributed by atoms with van der Waals surface area (Å²) in [7, 11) is 0. The van der Waals surface area contributed by atoms with Crippen LogP contribution in [0.3, 0.4) is 0 Å². The number of benzene rings is 3. The number of ketones is 1. The monoisotopic (exact) mass is 453 g/mol. The maximum Gasteiger partial charge on any atom is 0.185 e. The molecule has 1 heterocycles. The second kappa shape index (κ2) is 12.4. The van der Waals surface area contributed by atoms with E-state index >= 15 is 0 Å². The van der Waals surface area contributed by atoms with Gasteiger partial charge in [0, 0.05) is 34.7 Å². The molecule has 4 rings (SSSR count). The van der Waals surface area contributed by atoms with Gasteiger partial charge in [-0.1, -0.05) is 69.0 Å².